The van der Waals surface area contributed by atoms with Crippen LogP contribution < -0.4 is 0 Å². The zero-order chi connectivity index (χ0) is 26.8. The summed E-state index contributed by atoms with van der Waals surface area (Å²) in [6, 6.07) is 36.1. The van der Waals surface area contributed by atoms with E-state index in [0.29, 0.717) is 23.2 Å². The summed E-state index contributed by atoms with van der Waals surface area (Å²) in [5.74, 6) is -0.0348. The molecule has 6 rings (SSSR count). The largest absolute Gasteiger partial charge is 0.340 e. The Bertz CT molecular complexity index is 1710. The lowest BCUT2D eigenvalue weighted by atomic mass is 10.1. The number of hydrogen-bond acceptors (Lipinski definition) is 3. The molecular weight excluding hydrogens is 522 g/mol. The molecule has 1 saturated heterocycles. The van der Waals surface area contributed by atoms with Gasteiger partial charge in [0.2, 0.25) is 0 Å². The summed E-state index contributed by atoms with van der Waals surface area (Å²) in [5, 5.41) is 2.53. The van der Waals surface area contributed by atoms with Crippen LogP contribution in [0, 0.1) is 6.92 Å². The van der Waals surface area contributed by atoms with E-state index in [-0.39, 0.29) is 5.91 Å². The number of rotatable bonds is 6. The Kier molecular flexibility index (Phi) is 7.10. The van der Waals surface area contributed by atoms with Crippen LogP contribution in [0.25, 0.3) is 17.0 Å². The molecule has 0 N–H and O–H groups in total. The maximum absolute atomic E-state index is 13.8. The first-order valence-electron chi connectivity index (χ1n) is 12.8. The van der Waals surface area contributed by atoms with Gasteiger partial charge in [0, 0.05) is 33.7 Å². The number of carbonyl (C=O) groups is 1. The molecule has 1 aliphatic heterocycles. The number of para-hydroxylation sites is 2. The van der Waals surface area contributed by atoms with Crippen LogP contribution in [0.1, 0.15) is 22.4 Å². The molecule has 4 aromatic carbocycles. The van der Waals surface area contributed by atoms with E-state index in [4.69, 9.17) is 16.6 Å². The van der Waals surface area contributed by atoms with Crippen LogP contribution in [0.2, 0.25) is 5.02 Å². The van der Waals surface area contributed by atoms with E-state index >= 15 is 0 Å². The Hall–Kier alpha value is -4.06. The highest BCUT2D eigenvalue weighted by Crippen LogP contribution is 2.37. The maximum atomic E-state index is 13.8. The summed E-state index contributed by atoms with van der Waals surface area (Å²) in [6.07, 6.45) is 2.04. The zero-order valence-electron chi connectivity index (χ0n) is 21.4. The van der Waals surface area contributed by atoms with Crippen molar-refractivity contribution in [2.45, 2.75) is 20.0 Å². The fourth-order valence-corrected chi connectivity index (χ4v) is 5.96. The molecule has 0 spiro atoms. The third-order valence-electron chi connectivity index (χ3n) is 6.86. The molecule has 0 bridgehead atoms. The van der Waals surface area contributed by atoms with Crippen molar-refractivity contribution in [3.8, 4) is 0 Å². The van der Waals surface area contributed by atoms with Crippen molar-refractivity contribution < 1.29 is 4.79 Å². The minimum Gasteiger partial charge on any atom is -0.340 e. The van der Waals surface area contributed by atoms with E-state index in [2.05, 4.69) is 41.8 Å². The van der Waals surface area contributed by atoms with Crippen LogP contribution in [0.15, 0.2) is 119 Å². The van der Waals surface area contributed by atoms with Crippen molar-refractivity contribution in [3.63, 3.8) is 0 Å². The molecule has 0 atom stereocenters. The summed E-state index contributed by atoms with van der Waals surface area (Å²) >= 11 is 7.55. The van der Waals surface area contributed by atoms with Crippen LogP contribution in [0.3, 0.4) is 0 Å². The van der Waals surface area contributed by atoms with Crippen LogP contribution in [0.4, 0.5) is 5.69 Å². The molecule has 1 aromatic heterocycles. The topological polar surface area (TPSA) is 37.6 Å². The average molecular weight is 548 g/mol. The fourth-order valence-electron chi connectivity index (χ4n) is 4.86. The van der Waals surface area contributed by atoms with Gasteiger partial charge in [-0.05, 0) is 66.2 Å². The van der Waals surface area contributed by atoms with Gasteiger partial charge < -0.3 is 4.57 Å². The minimum atomic E-state index is -0.0348. The Morgan fingerprint density at radius 1 is 0.795 bits per heavy atom. The van der Waals surface area contributed by atoms with Gasteiger partial charge in [0.25, 0.3) is 5.91 Å². The molecule has 0 aliphatic carbocycles. The first-order chi connectivity index (χ1) is 19.1. The molecule has 1 aliphatic rings. The molecule has 2 heterocycles. The fraction of sp³-hybridized carbons (Fsp3) is 0.0909. The lowest BCUT2D eigenvalue weighted by Gasteiger charge is -2.15. The van der Waals surface area contributed by atoms with Gasteiger partial charge in [-0.1, -0.05) is 90.5 Å². The predicted octanol–water partition coefficient (Wildman–Crippen LogP) is 8.46. The van der Waals surface area contributed by atoms with E-state index in [1.165, 1.54) is 17.3 Å². The van der Waals surface area contributed by atoms with Crippen molar-refractivity contribution >= 4 is 57.1 Å². The Balaban J connectivity index is 1.41. The number of amidine groups is 1. The van der Waals surface area contributed by atoms with Crippen LogP contribution >= 0.6 is 23.4 Å². The number of benzene rings is 4. The van der Waals surface area contributed by atoms with Gasteiger partial charge in [0.05, 0.1) is 17.1 Å². The second-order valence-electron chi connectivity index (χ2n) is 9.45. The third-order valence-corrected chi connectivity index (χ3v) is 8.12. The lowest BCUT2D eigenvalue weighted by molar-refractivity contribution is -0.122. The lowest BCUT2D eigenvalue weighted by Crippen LogP contribution is -2.28. The van der Waals surface area contributed by atoms with Gasteiger partial charge in [0.1, 0.15) is 0 Å². The van der Waals surface area contributed by atoms with E-state index in [0.717, 1.165) is 38.4 Å². The number of halogens is 1. The highest BCUT2D eigenvalue weighted by molar-refractivity contribution is 8.18. The number of hydrogen-bond donors (Lipinski definition) is 0. The smallest absolute Gasteiger partial charge is 0.267 e. The van der Waals surface area contributed by atoms with E-state index in [9.17, 15) is 4.79 Å². The number of fused-ring (bicyclic) bond motifs is 1. The predicted molar refractivity (Wildman–Crippen MR) is 163 cm³/mol. The Morgan fingerprint density at radius 2 is 1.44 bits per heavy atom. The highest BCUT2D eigenvalue weighted by atomic mass is 35.5. The number of nitrogens with zero attached hydrogens (tertiary/aromatic N) is 3. The van der Waals surface area contributed by atoms with Gasteiger partial charge in [0.15, 0.2) is 5.17 Å². The molecule has 4 nitrogen and oxygen atoms in total. The minimum absolute atomic E-state index is 0.0348. The first-order valence-corrected chi connectivity index (χ1v) is 14.0. The molecule has 192 valence electrons. The van der Waals surface area contributed by atoms with Gasteiger partial charge in [-0.3, -0.25) is 9.69 Å². The number of aliphatic imine (C=N–C) groups is 1. The van der Waals surface area contributed by atoms with Gasteiger partial charge in [-0.2, -0.15) is 0 Å². The molecule has 39 heavy (non-hydrogen) atoms. The number of carbonyl (C=O) groups excluding carboxylic acids is 1. The van der Waals surface area contributed by atoms with Crippen molar-refractivity contribution in [3.05, 3.63) is 142 Å². The number of thioether (sulfide) groups is 1. The Morgan fingerprint density at radius 3 is 2.18 bits per heavy atom. The first kappa shape index (κ1) is 25.2. The molecular formula is C33H26ClN3OS. The quantitative estimate of drug-likeness (QED) is 0.200. The van der Waals surface area contributed by atoms with E-state index < -0.39 is 0 Å². The van der Waals surface area contributed by atoms with Crippen LogP contribution in [0.5, 0.6) is 0 Å². The monoisotopic (exact) mass is 547 g/mol. The molecule has 1 fully saturated rings. The van der Waals surface area contributed by atoms with Crippen LogP contribution in [-0.2, 0) is 17.9 Å². The molecule has 0 unspecified atom stereocenters. The second kappa shape index (κ2) is 11.0. The van der Waals surface area contributed by atoms with Gasteiger partial charge in [-0.25, -0.2) is 4.99 Å². The van der Waals surface area contributed by atoms with Crippen molar-refractivity contribution in [2.75, 3.05) is 0 Å². The summed E-state index contributed by atoms with van der Waals surface area (Å²) < 4.78 is 2.30. The van der Waals surface area contributed by atoms with E-state index in [1.807, 2.05) is 84.9 Å². The molecule has 5 aromatic rings. The standard InChI is InChI=1S/C33H26ClN3OS/c1-23-29(28-14-8-9-15-30(28)36(23)21-25-16-18-26(34)19-17-25)20-31-32(38)37(22-24-10-4-2-5-11-24)33(39-31)35-27-12-6-3-7-13-27/h2-20H,21-22H2,1H3/b31-20+,35-33?. The number of amides is 1. The highest BCUT2D eigenvalue weighted by Gasteiger charge is 2.34. The second-order valence-corrected chi connectivity index (χ2v) is 10.9. The van der Waals surface area contributed by atoms with Crippen molar-refractivity contribution in [1.82, 2.24) is 9.47 Å². The SMILES string of the molecule is Cc1c(/C=C2/SC(=Nc3ccccc3)N(Cc3ccccc3)C2=O)c2ccccc2n1Cc1ccc(Cl)cc1. The average Bonchev–Trinajstić information content (AvgIpc) is 3.39. The molecule has 0 saturated carbocycles. The summed E-state index contributed by atoms with van der Waals surface area (Å²) in [7, 11) is 0. The van der Waals surface area contributed by atoms with Gasteiger partial charge >= 0.3 is 0 Å². The summed E-state index contributed by atoms with van der Waals surface area (Å²) in [5.41, 5.74) is 6.34. The van der Waals surface area contributed by atoms with Crippen molar-refractivity contribution in [1.29, 1.82) is 0 Å². The summed E-state index contributed by atoms with van der Waals surface area (Å²) in [6.45, 7) is 3.30. The number of aromatic nitrogens is 1. The molecule has 1 amide bonds. The zero-order valence-corrected chi connectivity index (χ0v) is 23.0. The Labute approximate surface area is 237 Å². The third kappa shape index (κ3) is 5.29. The van der Waals surface area contributed by atoms with E-state index in [1.54, 1.807) is 4.90 Å². The van der Waals surface area contributed by atoms with Crippen LogP contribution in [-0.4, -0.2) is 20.5 Å². The molecule has 0 radical (unpaired) electrons. The van der Waals surface area contributed by atoms with Gasteiger partial charge in [-0.15, -0.1) is 0 Å². The van der Waals surface area contributed by atoms with Crippen molar-refractivity contribution in [2.24, 2.45) is 4.99 Å². The summed E-state index contributed by atoms with van der Waals surface area (Å²) in [4.78, 5) is 21.1. The normalized spacial score (nSPS) is 15.6. The maximum Gasteiger partial charge on any atom is 0.267 e. The molecule has 6 heteroatoms.